The van der Waals surface area contributed by atoms with Gasteiger partial charge in [0.1, 0.15) is 5.82 Å². The average molecular weight is 421 g/mol. The number of carbonyl (C=O) groups is 1. The summed E-state index contributed by atoms with van der Waals surface area (Å²) >= 11 is 0.998. The lowest BCUT2D eigenvalue weighted by Crippen LogP contribution is -2.65. The summed E-state index contributed by atoms with van der Waals surface area (Å²) in [4.78, 5) is 19.9. The van der Waals surface area contributed by atoms with Gasteiger partial charge < -0.3 is 5.11 Å². The predicted octanol–water partition coefficient (Wildman–Crippen LogP) is 1.12. The van der Waals surface area contributed by atoms with Gasteiger partial charge in [-0.05, 0) is 50.4 Å². The van der Waals surface area contributed by atoms with E-state index in [1.54, 1.807) is 11.0 Å². The molecule has 0 unspecified atom stereocenters. The topological polar surface area (TPSA) is 88.9 Å². The molecule has 0 amide bonds. The van der Waals surface area contributed by atoms with Crippen LogP contribution < -0.4 is 14.9 Å². The van der Waals surface area contributed by atoms with Crippen molar-refractivity contribution in [3.63, 3.8) is 0 Å². The smallest absolute Gasteiger partial charge is 0.324 e. The van der Waals surface area contributed by atoms with Gasteiger partial charge in [0, 0.05) is 30.4 Å². The van der Waals surface area contributed by atoms with Crippen LogP contribution in [0.3, 0.4) is 0 Å². The Labute approximate surface area is 172 Å². The normalized spacial score (nSPS) is 15.9. The molecule has 0 radical (unpaired) electrons. The quantitative estimate of drug-likeness (QED) is 0.376. The SMILES string of the molecule is CC(C)N1CCN([n+]2cc(N=C([O-])CCSC(=O)c3ccc(F)cc3)on2)CC1. The molecule has 1 fully saturated rings. The van der Waals surface area contributed by atoms with Crippen molar-refractivity contribution in [2.45, 2.75) is 26.3 Å². The van der Waals surface area contributed by atoms with Crippen molar-refractivity contribution < 1.29 is 23.6 Å². The molecule has 0 atom stereocenters. The summed E-state index contributed by atoms with van der Waals surface area (Å²) in [5.41, 5.74) is 0.398. The third kappa shape index (κ3) is 6.01. The molecule has 29 heavy (non-hydrogen) atoms. The molecule has 2 aromatic rings. The van der Waals surface area contributed by atoms with E-state index in [-0.39, 0.29) is 23.2 Å². The van der Waals surface area contributed by atoms with E-state index in [2.05, 4.69) is 29.0 Å². The molecular weight excluding hydrogens is 397 g/mol. The zero-order valence-corrected chi connectivity index (χ0v) is 17.3. The molecule has 1 aliphatic heterocycles. The number of thioether (sulfide) groups is 1. The van der Waals surface area contributed by atoms with Crippen molar-refractivity contribution >= 4 is 28.7 Å². The van der Waals surface area contributed by atoms with E-state index < -0.39 is 11.7 Å². The van der Waals surface area contributed by atoms with Crippen molar-refractivity contribution in [1.82, 2.24) is 10.2 Å². The number of carbonyl (C=O) groups excluding carboxylic acids is 1. The molecule has 1 saturated heterocycles. The van der Waals surface area contributed by atoms with Gasteiger partial charge in [-0.15, -0.1) is 0 Å². The number of rotatable bonds is 7. The number of hydrogen-bond donors (Lipinski definition) is 0. The van der Waals surface area contributed by atoms with Crippen molar-refractivity contribution in [1.29, 1.82) is 0 Å². The molecule has 1 aromatic carbocycles. The highest BCUT2D eigenvalue weighted by molar-refractivity contribution is 8.14. The van der Waals surface area contributed by atoms with Crippen LogP contribution in [-0.2, 0) is 0 Å². The molecule has 156 valence electrons. The minimum atomic E-state index is -0.397. The van der Waals surface area contributed by atoms with Crippen LogP contribution in [0.2, 0.25) is 0 Å². The molecule has 0 bridgehead atoms. The van der Waals surface area contributed by atoms with E-state index in [0.29, 0.717) is 11.6 Å². The second kappa shape index (κ2) is 9.84. The van der Waals surface area contributed by atoms with Gasteiger partial charge in [-0.25, -0.2) is 9.38 Å². The third-order valence-corrected chi connectivity index (χ3v) is 5.52. The molecular formula is C19H24FN5O3S. The Morgan fingerprint density at radius 3 is 2.66 bits per heavy atom. The first-order valence-electron chi connectivity index (χ1n) is 9.47. The average Bonchev–Trinajstić information content (AvgIpc) is 3.17. The van der Waals surface area contributed by atoms with Gasteiger partial charge in [-0.1, -0.05) is 11.8 Å². The molecule has 0 aliphatic carbocycles. The molecule has 1 aromatic heterocycles. The van der Waals surface area contributed by atoms with Crippen LogP contribution in [0, 0.1) is 5.82 Å². The Kier molecular flexibility index (Phi) is 7.21. The second-order valence-electron chi connectivity index (χ2n) is 6.94. The summed E-state index contributed by atoms with van der Waals surface area (Å²) in [5.74, 6) is -0.371. The Balaban J connectivity index is 1.47. The maximum atomic E-state index is 12.9. The number of halogens is 1. The third-order valence-electron chi connectivity index (χ3n) is 4.62. The Morgan fingerprint density at radius 1 is 1.31 bits per heavy atom. The number of nitrogens with zero attached hydrogens (tertiary/aromatic N) is 5. The summed E-state index contributed by atoms with van der Waals surface area (Å²) in [6.07, 6.45) is 1.67. The molecule has 1 aliphatic rings. The number of aliphatic imine (C=N–C) groups is 1. The number of piperazine rings is 1. The zero-order valence-electron chi connectivity index (χ0n) is 16.5. The van der Waals surface area contributed by atoms with E-state index in [0.717, 1.165) is 37.9 Å². The van der Waals surface area contributed by atoms with Crippen LogP contribution in [0.5, 0.6) is 0 Å². The molecule has 10 heteroatoms. The summed E-state index contributed by atoms with van der Waals surface area (Å²) in [6.45, 7) is 7.83. The lowest BCUT2D eigenvalue weighted by atomic mass is 10.2. The minimum Gasteiger partial charge on any atom is -0.862 e. The number of benzene rings is 1. The Morgan fingerprint density at radius 2 is 2.00 bits per heavy atom. The van der Waals surface area contributed by atoms with Gasteiger partial charge in [0.05, 0.1) is 17.9 Å². The molecule has 2 heterocycles. The van der Waals surface area contributed by atoms with Gasteiger partial charge in [0.25, 0.3) is 6.20 Å². The largest absolute Gasteiger partial charge is 0.862 e. The number of aromatic nitrogens is 2. The standard InChI is InChI=1S/C19H24FN5O3S/c1-14(2)23-8-10-24(11-9-23)25-13-18(28-22-25)21-17(26)7-12-29-19(27)15-3-5-16(20)6-4-15/h3-6,13-14H,7-12H2,1-2H3. The summed E-state index contributed by atoms with van der Waals surface area (Å²) in [6, 6.07) is 5.82. The highest BCUT2D eigenvalue weighted by Crippen LogP contribution is 2.15. The van der Waals surface area contributed by atoms with Crippen molar-refractivity contribution in [3.05, 3.63) is 41.8 Å². The van der Waals surface area contributed by atoms with Crippen LogP contribution in [0.15, 0.2) is 40.0 Å². The lowest BCUT2D eigenvalue weighted by molar-refractivity contribution is -0.759. The fourth-order valence-electron chi connectivity index (χ4n) is 2.92. The van der Waals surface area contributed by atoms with E-state index >= 15 is 0 Å². The van der Waals surface area contributed by atoms with Gasteiger partial charge in [-0.3, -0.25) is 14.2 Å². The van der Waals surface area contributed by atoms with Crippen LogP contribution in [-0.4, -0.2) is 59.2 Å². The van der Waals surface area contributed by atoms with E-state index in [1.165, 1.54) is 24.3 Å². The van der Waals surface area contributed by atoms with Crippen LogP contribution in [0.25, 0.3) is 0 Å². The zero-order chi connectivity index (χ0) is 20.8. The Hall–Kier alpha value is -2.46. The van der Waals surface area contributed by atoms with Crippen LogP contribution >= 0.6 is 11.8 Å². The second-order valence-corrected chi connectivity index (χ2v) is 8.01. The highest BCUT2D eigenvalue weighted by Gasteiger charge is 2.26. The van der Waals surface area contributed by atoms with Crippen LogP contribution in [0.1, 0.15) is 30.6 Å². The van der Waals surface area contributed by atoms with Gasteiger partial charge in [0.2, 0.25) is 10.4 Å². The molecule has 0 saturated carbocycles. The Bertz CT molecular complexity index is 848. The van der Waals surface area contributed by atoms with Crippen LogP contribution in [0.4, 0.5) is 10.3 Å². The van der Waals surface area contributed by atoms with E-state index in [1.807, 2.05) is 5.01 Å². The maximum absolute atomic E-state index is 12.9. The van der Waals surface area contributed by atoms with Crippen molar-refractivity contribution in [3.8, 4) is 0 Å². The molecule has 3 rings (SSSR count). The molecule has 8 nitrogen and oxygen atoms in total. The highest BCUT2D eigenvalue weighted by atomic mass is 32.2. The van der Waals surface area contributed by atoms with E-state index in [4.69, 9.17) is 4.52 Å². The summed E-state index contributed by atoms with van der Waals surface area (Å²) in [5, 5.41) is 17.8. The lowest BCUT2D eigenvalue weighted by Gasteiger charge is -2.32. The first-order chi connectivity index (χ1) is 13.9. The first kappa shape index (κ1) is 21.3. The van der Waals surface area contributed by atoms with Gasteiger partial charge >= 0.3 is 5.88 Å². The number of hydrogen-bond acceptors (Lipinski definition) is 8. The fourth-order valence-corrected chi connectivity index (χ4v) is 3.69. The van der Waals surface area contributed by atoms with Gasteiger partial charge in [-0.2, -0.15) is 5.01 Å². The minimum absolute atomic E-state index is 0.0887. The fraction of sp³-hybridized carbons (Fsp3) is 0.474. The first-order valence-corrected chi connectivity index (χ1v) is 10.5. The van der Waals surface area contributed by atoms with Crippen molar-refractivity contribution in [2.24, 2.45) is 4.99 Å². The molecule has 0 spiro atoms. The summed E-state index contributed by atoms with van der Waals surface area (Å²) in [7, 11) is 0. The van der Waals surface area contributed by atoms with Gasteiger partial charge in [0.15, 0.2) is 0 Å². The molecule has 0 N–H and O–H groups in total. The maximum Gasteiger partial charge on any atom is 0.324 e. The van der Waals surface area contributed by atoms with E-state index in [9.17, 15) is 14.3 Å². The predicted molar refractivity (Wildman–Crippen MR) is 106 cm³/mol. The monoisotopic (exact) mass is 421 g/mol. The van der Waals surface area contributed by atoms with Crippen molar-refractivity contribution in [2.75, 3.05) is 36.9 Å². The summed E-state index contributed by atoms with van der Waals surface area (Å²) < 4.78 is 18.0.